The number of ether oxygens (including phenoxy) is 3. The zero-order valence-electron chi connectivity index (χ0n) is 11.4. The predicted octanol–water partition coefficient (Wildman–Crippen LogP) is 2.70. The van der Waals surface area contributed by atoms with Crippen LogP contribution >= 0.6 is 0 Å². The molecule has 1 rings (SSSR count). The third-order valence-electron chi connectivity index (χ3n) is 2.86. The molecule has 0 heterocycles. The van der Waals surface area contributed by atoms with Crippen molar-refractivity contribution in [3.63, 3.8) is 0 Å². The molecule has 0 atom stereocenters. The molecule has 1 aromatic carbocycles. The Morgan fingerprint density at radius 1 is 1.28 bits per heavy atom. The highest BCUT2D eigenvalue weighted by atomic mass is 16.5. The summed E-state index contributed by atoms with van der Waals surface area (Å²) in [5.74, 6) is 1.05. The van der Waals surface area contributed by atoms with E-state index in [-0.39, 0.29) is 5.60 Å². The van der Waals surface area contributed by atoms with Gasteiger partial charge in [-0.1, -0.05) is 6.07 Å². The van der Waals surface area contributed by atoms with Crippen LogP contribution in [0.5, 0.6) is 11.5 Å². The molecule has 0 aromatic heterocycles. The molecule has 0 N–H and O–H groups in total. The van der Waals surface area contributed by atoms with E-state index < -0.39 is 0 Å². The average molecular weight is 252 g/mol. The van der Waals surface area contributed by atoms with Crippen LogP contribution < -0.4 is 9.47 Å². The van der Waals surface area contributed by atoms with Crippen molar-refractivity contribution in [1.82, 2.24) is 0 Å². The van der Waals surface area contributed by atoms with Crippen molar-refractivity contribution in [3.8, 4) is 11.5 Å². The Hall–Kier alpha value is -1.55. The van der Waals surface area contributed by atoms with Gasteiger partial charge in [0.05, 0.1) is 24.9 Å². The molecule has 0 unspecified atom stereocenters. The quantitative estimate of drug-likeness (QED) is 0.700. The van der Waals surface area contributed by atoms with Gasteiger partial charge in [0.1, 0.15) is 0 Å². The second kappa shape index (κ2) is 6.40. The number of carbonyl (C=O) groups is 1. The smallest absolute Gasteiger partial charge is 0.171 e. The van der Waals surface area contributed by atoms with Crippen molar-refractivity contribution >= 4 is 6.29 Å². The number of carbonyl (C=O) groups excluding carboxylic acids is 1. The highest BCUT2D eigenvalue weighted by molar-refractivity contribution is 5.81. The van der Waals surface area contributed by atoms with Gasteiger partial charge in [0.2, 0.25) is 0 Å². The summed E-state index contributed by atoms with van der Waals surface area (Å²) in [5.41, 5.74) is 0.244. The first kappa shape index (κ1) is 14.5. The predicted molar refractivity (Wildman–Crippen MR) is 69.6 cm³/mol. The molecule has 4 nitrogen and oxygen atoms in total. The lowest BCUT2D eigenvalue weighted by Crippen LogP contribution is -2.25. The van der Waals surface area contributed by atoms with Gasteiger partial charge in [-0.2, -0.15) is 0 Å². The summed E-state index contributed by atoms with van der Waals surface area (Å²) in [7, 11) is 3.22. The summed E-state index contributed by atoms with van der Waals surface area (Å²) >= 11 is 0. The van der Waals surface area contributed by atoms with Crippen molar-refractivity contribution in [2.45, 2.75) is 25.9 Å². The van der Waals surface area contributed by atoms with Crippen molar-refractivity contribution in [3.05, 3.63) is 23.8 Å². The summed E-state index contributed by atoms with van der Waals surface area (Å²) in [4.78, 5) is 11.0. The van der Waals surface area contributed by atoms with E-state index in [0.717, 1.165) is 12.7 Å². The monoisotopic (exact) mass is 252 g/mol. The largest absolute Gasteiger partial charge is 0.493 e. The molecular formula is C14H20O4. The maximum Gasteiger partial charge on any atom is 0.171 e. The van der Waals surface area contributed by atoms with Gasteiger partial charge in [-0.3, -0.25) is 4.79 Å². The van der Waals surface area contributed by atoms with Crippen LogP contribution in [0, 0.1) is 0 Å². The van der Waals surface area contributed by atoms with Crippen LogP contribution in [0.25, 0.3) is 0 Å². The molecule has 0 bridgehead atoms. The topological polar surface area (TPSA) is 44.8 Å². The Kier molecular flexibility index (Phi) is 5.16. The summed E-state index contributed by atoms with van der Waals surface area (Å²) in [6, 6.07) is 5.23. The molecule has 0 saturated carbocycles. The Morgan fingerprint density at radius 2 is 2.00 bits per heavy atom. The molecule has 100 valence electrons. The van der Waals surface area contributed by atoms with E-state index >= 15 is 0 Å². The molecule has 0 spiro atoms. The maximum atomic E-state index is 11.0. The minimum atomic E-state index is -0.247. The van der Waals surface area contributed by atoms with Gasteiger partial charge in [0.25, 0.3) is 0 Å². The van der Waals surface area contributed by atoms with Crippen molar-refractivity contribution in [2.75, 3.05) is 20.8 Å². The molecule has 0 radical (unpaired) electrons. The number of rotatable bonds is 7. The second-order valence-corrected chi connectivity index (χ2v) is 4.56. The van der Waals surface area contributed by atoms with E-state index in [1.54, 1.807) is 32.4 Å². The summed E-state index contributed by atoms with van der Waals surface area (Å²) in [6.07, 6.45) is 1.49. The summed E-state index contributed by atoms with van der Waals surface area (Å²) < 4.78 is 16.1. The number of para-hydroxylation sites is 1. The van der Waals surface area contributed by atoms with Gasteiger partial charge >= 0.3 is 0 Å². The molecule has 0 aliphatic carbocycles. The third kappa shape index (κ3) is 3.74. The Morgan fingerprint density at radius 3 is 2.56 bits per heavy atom. The van der Waals surface area contributed by atoms with E-state index in [4.69, 9.17) is 14.2 Å². The summed E-state index contributed by atoms with van der Waals surface area (Å²) in [6.45, 7) is 4.43. The Labute approximate surface area is 108 Å². The highest BCUT2D eigenvalue weighted by Crippen LogP contribution is 2.30. The minimum absolute atomic E-state index is 0.247. The zero-order chi connectivity index (χ0) is 13.6. The fourth-order valence-corrected chi connectivity index (χ4v) is 1.44. The van der Waals surface area contributed by atoms with Crippen LogP contribution in [0.3, 0.4) is 0 Å². The molecule has 0 amide bonds. The fourth-order valence-electron chi connectivity index (χ4n) is 1.44. The fraction of sp³-hybridized carbons (Fsp3) is 0.500. The molecule has 1 aromatic rings. The Bertz CT molecular complexity index is 399. The normalized spacial score (nSPS) is 11.1. The first-order valence-corrected chi connectivity index (χ1v) is 5.84. The second-order valence-electron chi connectivity index (χ2n) is 4.56. The van der Waals surface area contributed by atoms with Crippen molar-refractivity contribution in [2.24, 2.45) is 0 Å². The Balaban J connectivity index is 2.74. The molecule has 4 heteroatoms. The average Bonchev–Trinajstić information content (AvgIpc) is 2.38. The maximum absolute atomic E-state index is 11.0. The van der Waals surface area contributed by atoms with Gasteiger partial charge in [-0.15, -0.1) is 0 Å². The van der Waals surface area contributed by atoms with Gasteiger partial charge < -0.3 is 14.2 Å². The number of hydrogen-bond donors (Lipinski definition) is 0. The SMILES string of the molecule is COc1cccc(C=O)c1OCCC(C)(C)OC. The zero-order valence-corrected chi connectivity index (χ0v) is 11.4. The van der Waals surface area contributed by atoms with Gasteiger partial charge in [0, 0.05) is 13.5 Å². The lowest BCUT2D eigenvalue weighted by Gasteiger charge is -2.23. The standard InChI is InChI=1S/C14H20O4/c1-14(2,17-4)8-9-18-13-11(10-15)6-5-7-12(13)16-3/h5-7,10H,8-9H2,1-4H3. The number of methoxy groups -OCH3 is 2. The first-order valence-electron chi connectivity index (χ1n) is 5.84. The van der Waals surface area contributed by atoms with Crippen LogP contribution in [0.2, 0.25) is 0 Å². The van der Waals surface area contributed by atoms with Crippen LogP contribution in [-0.2, 0) is 4.74 Å². The van der Waals surface area contributed by atoms with Gasteiger partial charge in [0.15, 0.2) is 17.8 Å². The van der Waals surface area contributed by atoms with E-state index in [0.29, 0.717) is 23.7 Å². The third-order valence-corrected chi connectivity index (χ3v) is 2.86. The minimum Gasteiger partial charge on any atom is -0.493 e. The van der Waals surface area contributed by atoms with Crippen LogP contribution in [0.1, 0.15) is 30.6 Å². The molecule has 0 fully saturated rings. The van der Waals surface area contributed by atoms with E-state index in [1.807, 2.05) is 13.8 Å². The first-order chi connectivity index (χ1) is 8.54. The molecule has 18 heavy (non-hydrogen) atoms. The van der Waals surface area contributed by atoms with Gasteiger partial charge in [-0.25, -0.2) is 0 Å². The number of benzene rings is 1. The molecule has 0 saturated heterocycles. The van der Waals surface area contributed by atoms with Crippen LogP contribution in [-0.4, -0.2) is 32.7 Å². The van der Waals surface area contributed by atoms with E-state index in [9.17, 15) is 4.79 Å². The lowest BCUT2D eigenvalue weighted by atomic mass is 10.1. The van der Waals surface area contributed by atoms with Crippen LogP contribution in [0.15, 0.2) is 18.2 Å². The number of hydrogen-bond acceptors (Lipinski definition) is 4. The lowest BCUT2D eigenvalue weighted by molar-refractivity contribution is 0.00522. The highest BCUT2D eigenvalue weighted by Gasteiger charge is 2.17. The van der Waals surface area contributed by atoms with Crippen molar-refractivity contribution < 1.29 is 19.0 Å². The van der Waals surface area contributed by atoms with Crippen molar-refractivity contribution in [1.29, 1.82) is 0 Å². The van der Waals surface area contributed by atoms with Crippen LogP contribution in [0.4, 0.5) is 0 Å². The van der Waals surface area contributed by atoms with E-state index in [2.05, 4.69) is 0 Å². The van der Waals surface area contributed by atoms with Gasteiger partial charge in [-0.05, 0) is 26.0 Å². The molecule has 0 aliphatic heterocycles. The van der Waals surface area contributed by atoms with E-state index in [1.165, 1.54) is 0 Å². The molecular weight excluding hydrogens is 232 g/mol. The molecule has 0 aliphatic rings. The number of aldehydes is 1. The summed E-state index contributed by atoms with van der Waals surface area (Å²) in [5, 5.41) is 0.